The summed E-state index contributed by atoms with van der Waals surface area (Å²) in [5.41, 5.74) is 3.86. The first-order valence-corrected chi connectivity index (χ1v) is 11.6. The summed E-state index contributed by atoms with van der Waals surface area (Å²) < 4.78 is 0. The van der Waals surface area contributed by atoms with Gasteiger partial charge in [-0.1, -0.05) is 65.8 Å². The highest BCUT2D eigenvalue weighted by molar-refractivity contribution is 6.08. The molecule has 4 bridgehead atoms. The molecule has 158 valence electrons. The fraction of sp³-hybridized carbons (Fsp3) is 0.571. The van der Waals surface area contributed by atoms with Crippen molar-refractivity contribution in [3.63, 3.8) is 0 Å². The third-order valence-corrected chi connectivity index (χ3v) is 10.3. The highest BCUT2D eigenvalue weighted by Gasteiger charge is 2.64. The van der Waals surface area contributed by atoms with Gasteiger partial charge in [0.1, 0.15) is 0 Å². The lowest BCUT2D eigenvalue weighted by Crippen LogP contribution is -2.32. The number of Topliss-reactive ketones (excluding diaryl/α,β-unsaturated/α-hetero) is 2. The lowest BCUT2D eigenvalue weighted by molar-refractivity contribution is -0.126. The largest absolute Gasteiger partial charge is 0.294 e. The molecule has 0 radical (unpaired) electrons. The zero-order valence-electron chi connectivity index (χ0n) is 19.3. The summed E-state index contributed by atoms with van der Waals surface area (Å²) in [5, 5.41) is 0. The SMILES string of the molecule is CC12CCC(/C(=C/c3ccc(/C=C4/C(=O)C5(C)CCC4C5(C)C)cc3)C1=O)C2(C)C. The van der Waals surface area contributed by atoms with E-state index in [0.29, 0.717) is 23.4 Å². The van der Waals surface area contributed by atoms with E-state index in [1.807, 2.05) is 0 Å². The van der Waals surface area contributed by atoms with E-state index < -0.39 is 0 Å². The molecule has 1 aromatic rings. The molecular formula is C28H34O2. The van der Waals surface area contributed by atoms with Crippen LogP contribution in [0.5, 0.6) is 0 Å². The van der Waals surface area contributed by atoms with Crippen molar-refractivity contribution in [3.8, 4) is 0 Å². The molecule has 0 aliphatic heterocycles. The standard InChI is InChI=1S/C28H34O2/c1-25(2)21-11-13-27(25,5)23(29)19(21)15-17-7-9-18(10-8-17)16-20-22-12-14-28(6,24(20)30)26(22,3)4/h7-10,15-16,21-22H,11-14H2,1-6H3/b19-15-,20-16+. The van der Waals surface area contributed by atoms with Crippen molar-refractivity contribution in [3.05, 3.63) is 46.5 Å². The molecule has 4 aliphatic carbocycles. The van der Waals surface area contributed by atoms with Crippen molar-refractivity contribution in [2.75, 3.05) is 0 Å². The summed E-state index contributed by atoms with van der Waals surface area (Å²) in [7, 11) is 0. The Morgan fingerprint density at radius 3 is 1.27 bits per heavy atom. The van der Waals surface area contributed by atoms with Crippen LogP contribution in [0.25, 0.3) is 12.2 Å². The van der Waals surface area contributed by atoms with Crippen molar-refractivity contribution in [2.24, 2.45) is 33.5 Å². The van der Waals surface area contributed by atoms with Crippen molar-refractivity contribution in [2.45, 2.75) is 67.2 Å². The molecule has 0 aromatic heterocycles. The van der Waals surface area contributed by atoms with Gasteiger partial charge in [0, 0.05) is 10.8 Å². The Morgan fingerprint density at radius 2 is 1.00 bits per heavy atom. The molecule has 4 saturated carbocycles. The molecule has 4 fully saturated rings. The summed E-state index contributed by atoms with van der Waals surface area (Å²) in [6, 6.07) is 8.38. The topological polar surface area (TPSA) is 34.1 Å². The Morgan fingerprint density at radius 1 is 0.667 bits per heavy atom. The fourth-order valence-electron chi connectivity index (χ4n) is 7.24. The van der Waals surface area contributed by atoms with E-state index in [4.69, 9.17) is 0 Å². The first-order valence-electron chi connectivity index (χ1n) is 11.6. The predicted molar refractivity (Wildman–Crippen MR) is 122 cm³/mol. The predicted octanol–water partition coefficient (Wildman–Crippen LogP) is 6.50. The number of fused-ring (bicyclic) bond motifs is 4. The van der Waals surface area contributed by atoms with Gasteiger partial charge in [0.25, 0.3) is 0 Å². The molecule has 4 atom stereocenters. The number of ketones is 2. The third-order valence-electron chi connectivity index (χ3n) is 10.3. The van der Waals surface area contributed by atoms with E-state index in [1.54, 1.807) is 0 Å². The minimum absolute atomic E-state index is 0.0470. The van der Waals surface area contributed by atoms with Gasteiger partial charge in [0.2, 0.25) is 0 Å². The van der Waals surface area contributed by atoms with Crippen LogP contribution in [0.3, 0.4) is 0 Å². The summed E-state index contributed by atoms with van der Waals surface area (Å²) in [6.45, 7) is 13.3. The van der Waals surface area contributed by atoms with Gasteiger partial charge in [-0.25, -0.2) is 0 Å². The summed E-state index contributed by atoms with van der Waals surface area (Å²) >= 11 is 0. The van der Waals surface area contributed by atoms with Crippen LogP contribution in [-0.2, 0) is 9.59 Å². The summed E-state index contributed by atoms with van der Waals surface area (Å²) in [5.74, 6) is 1.42. The molecule has 4 aliphatic rings. The smallest absolute Gasteiger partial charge is 0.165 e. The quantitative estimate of drug-likeness (QED) is 0.529. The Kier molecular flexibility index (Phi) is 3.89. The van der Waals surface area contributed by atoms with Crippen LogP contribution < -0.4 is 0 Å². The van der Waals surface area contributed by atoms with Crippen LogP contribution in [0.4, 0.5) is 0 Å². The zero-order valence-corrected chi connectivity index (χ0v) is 19.3. The highest BCUT2D eigenvalue weighted by Crippen LogP contribution is 2.66. The molecule has 0 N–H and O–H groups in total. The van der Waals surface area contributed by atoms with Gasteiger partial charge in [-0.2, -0.15) is 0 Å². The Balaban J connectivity index is 1.43. The zero-order chi connectivity index (χ0) is 21.7. The monoisotopic (exact) mass is 402 g/mol. The number of hydrogen-bond donors (Lipinski definition) is 0. The first kappa shape index (κ1) is 20.0. The van der Waals surface area contributed by atoms with Gasteiger partial charge in [-0.05, 0) is 82.8 Å². The maximum Gasteiger partial charge on any atom is 0.165 e. The van der Waals surface area contributed by atoms with Crippen LogP contribution in [0, 0.1) is 33.5 Å². The number of rotatable bonds is 2. The molecule has 1 aromatic carbocycles. The number of carbonyl (C=O) groups is 2. The lowest BCUT2D eigenvalue weighted by Gasteiger charge is -2.31. The fourth-order valence-corrected chi connectivity index (χ4v) is 7.24. The maximum absolute atomic E-state index is 13.1. The van der Waals surface area contributed by atoms with Crippen LogP contribution in [0.15, 0.2) is 35.4 Å². The Bertz CT molecular complexity index is 936. The van der Waals surface area contributed by atoms with Crippen molar-refractivity contribution < 1.29 is 9.59 Å². The van der Waals surface area contributed by atoms with Gasteiger partial charge < -0.3 is 0 Å². The molecule has 30 heavy (non-hydrogen) atoms. The number of carbonyl (C=O) groups excluding carboxylic acids is 2. The van der Waals surface area contributed by atoms with Gasteiger partial charge in [0.05, 0.1) is 0 Å². The molecule has 4 unspecified atom stereocenters. The van der Waals surface area contributed by atoms with Crippen LogP contribution >= 0.6 is 0 Å². The van der Waals surface area contributed by atoms with Gasteiger partial charge in [-0.15, -0.1) is 0 Å². The van der Waals surface area contributed by atoms with E-state index in [1.165, 1.54) is 0 Å². The van der Waals surface area contributed by atoms with E-state index in [9.17, 15) is 9.59 Å². The summed E-state index contributed by atoms with van der Waals surface area (Å²) in [6.07, 6.45) is 8.48. The van der Waals surface area contributed by atoms with Crippen molar-refractivity contribution in [1.29, 1.82) is 0 Å². The second kappa shape index (κ2) is 5.84. The van der Waals surface area contributed by atoms with Gasteiger partial charge >= 0.3 is 0 Å². The van der Waals surface area contributed by atoms with E-state index in [2.05, 4.69) is 78.0 Å². The lowest BCUT2D eigenvalue weighted by atomic mass is 9.70. The second-order valence-corrected chi connectivity index (χ2v) is 11.8. The highest BCUT2D eigenvalue weighted by atomic mass is 16.1. The van der Waals surface area contributed by atoms with Crippen LogP contribution in [-0.4, -0.2) is 11.6 Å². The molecule has 0 saturated heterocycles. The molecule has 0 heterocycles. The third kappa shape index (κ3) is 2.21. The Hall–Kier alpha value is -1.96. The van der Waals surface area contributed by atoms with Crippen molar-refractivity contribution in [1.82, 2.24) is 0 Å². The van der Waals surface area contributed by atoms with E-state index in [-0.39, 0.29) is 21.7 Å². The average molecular weight is 403 g/mol. The Labute approximate surface area is 180 Å². The normalized spacial score (nSPS) is 40.9. The minimum Gasteiger partial charge on any atom is -0.294 e. The van der Waals surface area contributed by atoms with Gasteiger partial charge in [-0.3, -0.25) is 9.59 Å². The van der Waals surface area contributed by atoms with Gasteiger partial charge in [0.15, 0.2) is 11.6 Å². The number of hydrogen-bond acceptors (Lipinski definition) is 2. The van der Waals surface area contributed by atoms with E-state index in [0.717, 1.165) is 48.0 Å². The molecule has 0 spiro atoms. The molecule has 2 heteroatoms. The second-order valence-electron chi connectivity index (χ2n) is 11.8. The molecular weight excluding hydrogens is 368 g/mol. The molecule has 2 nitrogen and oxygen atoms in total. The number of benzene rings is 1. The molecule has 5 rings (SSSR count). The minimum atomic E-state index is -0.209. The first-order chi connectivity index (χ1) is 13.9. The number of allylic oxidation sites excluding steroid dienone is 2. The average Bonchev–Trinajstić information content (AvgIpc) is 3.17. The summed E-state index contributed by atoms with van der Waals surface area (Å²) in [4.78, 5) is 26.2. The maximum atomic E-state index is 13.1. The van der Waals surface area contributed by atoms with Crippen LogP contribution in [0.1, 0.15) is 78.4 Å². The van der Waals surface area contributed by atoms with Crippen LogP contribution in [0.2, 0.25) is 0 Å². The van der Waals surface area contributed by atoms with E-state index >= 15 is 0 Å². The van der Waals surface area contributed by atoms with Crippen molar-refractivity contribution >= 4 is 23.7 Å². The molecule has 0 amide bonds.